The fourth-order valence-corrected chi connectivity index (χ4v) is 5.80. The Kier molecular flexibility index (Phi) is 9.51. The van der Waals surface area contributed by atoms with Gasteiger partial charge in [-0.25, -0.2) is 9.55 Å². The van der Waals surface area contributed by atoms with Crippen molar-refractivity contribution in [1.82, 2.24) is 24.6 Å². The van der Waals surface area contributed by atoms with Gasteiger partial charge in [0.15, 0.2) is 17.4 Å². The number of aliphatic hydroxyl groups is 1. The number of nitrogens with two attached hydrogens (primary N) is 1. The summed E-state index contributed by atoms with van der Waals surface area (Å²) in [6.45, 7) is 4.44. The van der Waals surface area contributed by atoms with Crippen molar-refractivity contribution in [2.75, 3.05) is 26.1 Å². The Hall–Kier alpha value is -3.98. The molecule has 3 heterocycles. The number of ether oxygens (including phenoxy) is 3. The number of aliphatic hydroxyl groups excluding tert-OH is 1. The number of nitrogens with zero attached hydrogens (tertiary/aromatic N) is 7. The van der Waals surface area contributed by atoms with Gasteiger partial charge in [0.2, 0.25) is 11.8 Å². The van der Waals surface area contributed by atoms with Gasteiger partial charge in [0, 0.05) is 4.91 Å². The van der Waals surface area contributed by atoms with Crippen LogP contribution in [0, 0.1) is 0 Å². The van der Waals surface area contributed by atoms with Crippen LogP contribution in [0.4, 0.5) is 5.95 Å². The Morgan fingerprint density at radius 3 is 2.79 bits per heavy atom. The largest absolute Gasteiger partial charge is 0.479 e. The number of carbonyl (C=O) groups excluding carboxylic acids is 1. The lowest BCUT2D eigenvalue weighted by Gasteiger charge is -2.28. The van der Waals surface area contributed by atoms with Crippen molar-refractivity contribution in [3.63, 3.8) is 0 Å². The van der Waals surface area contributed by atoms with Gasteiger partial charge in [-0.2, -0.15) is 15.1 Å². The number of hydrogen-bond donors (Lipinski definition) is 3. The first-order chi connectivity index (χ1) is 20.0. The quantitative estimate of drug-likeness (QED) is 0.0837. The molecule has 0 aliphatic carbocycles. The molecule has 0 radical (unpaired) electrons. The van der Waals surface area contributed by atoms with Gasteiger partial charge >= 0.3 is 13.7 Å². The summed E-state index contributed by atoms with van der Waals surface area (Å²) >= 11 is 0. The summed E-state index contributed by atoms with van der Waals surface area (Å²) in [6.07, 6.45) is -1.87. The molecule has 1 fully saturated rings. The van der Waals surface area contributed by atoms with Gasteiger partial charge in [0.25, 0.3) is 0 Å². The van der Waals surface area contributed by atoms with Crippen molar-refractivity contribution >= 4 is 30.8 Å². The molecule has 0 amide bonds. The van der Waals surface area contributed by atoms with Crippen molar-refractivity contribution in [3.8, 4) is 11.6 Å². The van der Waals surface area contributed by atoms with Crippen LogP contribution in [0.1, 0.15) is 33.4 Å². The van der Waals surface area contributed by atoms with Gasteiger partial charge in [0.1, 0.15) is 23.4 Å². The van der Waals surface area contributed by atoms with E-state index in [1.807, 2.05) is 6.92 Å². The topological polar surface area (TPSA) is 231 Å². The molecule has 226 valence electrons. The van der Waals surface area contributed by atoms with E-state index in [1.165, 1.54) is 31.9 Å². The molecule has 4 N–H and O–H groups in total. The van der Waals surface area contributed by atoms with E-state index in [2.05, 4.69) is 30.1 Å². The van der Waals surface area contributed by atoms with Crippen LogP contribution in [-0.4, -0.2) is 74.7 Å². The number of anilines is 1. The number of rotatable bonds is 13. The van der Waals surface area contributed by atoms with Gasteiger partial charge in [-0.3, -0.25) is 13.9 Å². The highest BCUT2D eigenvalue weighted by molar-refractivity contribution is 7.52. The van der Waals surface area contributed by atoms with Crippen LogP contribution in [0.3, 0.4) is 0 Å². The van der Waals surface area contributed by atoms with Crippen LogP contribution in [0.5, 0.6) is 11.6 Å². The third kappa shape index (κ3) is 6.41. The predicted molar refractivity (Wildman–Crippen MR) is 148 cm³/mol. The zero-order valence-electron chi connectivity index (χ0n) is 23.4. The van der Waals surface area contributed by atoms with E-state index in [0.717, 1.165) is 0 Å². The minimum atomic E-state index is -4.27. The molecule has 0 spiro atoms. The molecule has 4 rings (SSSR count). The molecule has 6 atom stereocenters. The second-order valence-corrected chi connectivity index (χ2v) is 11.2. The third-order valence-corrected chi connectivity index (χ3v) is 8.04. The number of fused-ring (bicyclic) bond motifs is 1. The van der Waals surface area contributed by atoms with Gasteiger partial charge < -0.3 is 29.6 Å². The number of methoxy groups -OCH3 is 1. The van der Waals surface area contributed by atoms with Gasteiger partial charge in [0.05, 0.1) is 32.8 Å². The molecule has 18 heteroatoms. The van der Waals surface area contributed by atoms with Gasteiger partial charge in [-0.1, -0.05) is 30.2 Å². The number of esters is 1. The van der Waals surface area contributed by atoms with E-state index in [4.69, 9.17) is 29.0 Å². The number of carbonyl (C=O) groups is 1. The summed E-state index contributed by atoms with van der Waals surface area (Å²) in [6, 6.07) is 7.11. The number of benzene rings is 1. The fraction of sp³-hybridized carbons (Fsp3) is 0.500. The maximum absolute atomic E-state index is 13.9. The number of azide groups is 1. The first kappa shape index (κ1) is 31.0. The Morgan fingerprint density at radius 1 is 1.38 bits per heavy atom. The minimum Gasteiger partial charge on any atom is -0.479 e. The van der Waals surface area contributed by atoms with Crippen LogP contribution < -0.4 is 20.1 Å². The molecule has 0 bridgehead atoms. The summed E-state index contributed by atoms with van der Waals surface area (Å²) in [4.78, 5) is 27.8. The molecule has 1 aromatic carbocycles. The summed E-state index contributed by atoms with van der Waals surface area (Å²) < 4.78 is 43.1. The molecule has 0 saturated carbocycles. The van der Waals surface area contributed by atoms with Crippen LogP contribution in [0.25, 0.3) is 21.6 Å². The maximum Gasteiger partial charge on any atom is 0.459 e. The first-order valence-corrected chi connectivity index (χ1v) is 14.5. The van der Waals surface area contributed by atoms with Crippen molar-refractivity contribution in [2.45, 2.75) is 57.2 Å². The third-order valence-electron chi connectivity index (χ3n) is 6.40. The number of hydrogen-bond acceptors (Lipinski definition) is 13. The summed E-state index contributed by atoms with van der Waals surface area (Å²) in [5.74, 6) is -0.462. The molecule has 1 saturated heterocycles. The molecule has 42 heavy (non-hydrogen) atoms. The molecule has 1 aliphatic rings. The Balaban J connectivity index is 1.61. The molecular weight excluding hydrogens is 573 g/mol. The van der Waals surface area contributed by atoms with Crippen molar-refractivity contribution < 1.29 is 37.7 Å². The van der Waals surface area contributed by atoms with Gasteiger partial charge in [-0.15, -0.1) is 0 Å². The lowest BCUT2D eigenvalue weighted by molar-refractivity contribution is -0.145. The lowest BCUT2D eigenvalue weighted by atomic mass is 9.93. The number of para-hydroxylation sites is 1. The lowest BCUT2D eigenvalue weighted by Crippen LogP contribution is -2.43. The molecule has 2 aromatic heterocycles. The van der Waals surface area contributed by atoms with E-state index in [0.29, 0.717) is 6.42 Å². The van der Waals surface area contributed by atoms with E-state index in [1.54, 1.807) is 30.3 Å². The predicted octanol–water partition coefficient (Wildman–Crippen LogP) is 2.88. The Bertz CT molecular complexity index is 1500. The maximum atomic E-state index is 13.9. The first-order valence-electron chi connectivity index (χ1n) is 12.9. The average molecular weight is 606 g/mol. The molecule has 1 aliphatic heterocycles. The van der Waals surface area contributed by atoms with Gasteiger partial charge in [-0.05, 0) is 37.9 Å². The minimum absolute atomic E-state index is 0.108. The fourth-order valence-electron chi connectivity index (χ4n) is 4.30. The number of aromatic nitrogens is 4. The molecule has 17 nitrogen and oxygen atoms in total. The summed E-state index contributed by atoms with van der Waals surface area (Å²) in [5.41, 5.74) is 14.0. The smallest absolute Gasteiger partial charge is 0.459 e. The van der Waals surface area contributed by atoms with Crippen molar-refractivity contribution in [1.29, 1.82) is 0 Å². The Labute approximate surface area is 240 Å². The van der Waals surface area contributed by atoms with Crippen LogP contribution in [-0.2, 0) is 23.4 Å². The monoisotopic (exact) mass is 605 g/mol. The standard InChI is InChI=1S/C24H32N9O8P/c1-5-11-38-21(35)14(2)30-42(36,41-15-9-7-6-8-10-15)39-12-16-18(34)24(3,31-32-26)22(40-16)33-13-27-17-19(33)28-23(25)29-20(17)37-4/h6-10,13-14,16,18,22,34H,5,11-12H2,1-4H3,(H,30,36)(H2,25,28,29)/t14-,16+,18?,22+,24+,42?/m0/s1. The van der Waals surface area contributed by atoms with Crippen LogP contribution >= 0.6 is 7.75 Å². The highest BCUT2D eigenvalue weighted by Gasteiger charge is 2.55. The van der Waals surface area contributed by atoms with E-state index in [-0.39, 0.29) is 35.3 Å². The highest BCUT2D eigenvalue weighted by Crippen LogP contribution is 2.48. The number of nitrogens with one attached hydrogen (secondary N) is 1. The van der Waals surface area contributed by atoms with Crippen LogP contribution in [0.15, 0.2) is 41.8 Å². The summed E-state index contributed by atoms with van der Waals surface area (Å²) in [7, 11) is -2.88. The van der Waals surface area contributed by atoms with E-state index < -0.39 is 50.3 Å². The van der Waals surface area contributed by atoms with Crippen molar-refractivity contribution in [2.24, 2.45) is 5.11 Å². The zero-order valence-corrected chi connectivity index (χ0v) is 24.2. The highest BCUT2D eigenvalue weighted by atomic mass is 31.2. The molecule has 2 unspecified atom stereocenters. The van der Waals surface area contributed by atoms with Crippen LogP contribution in [0.2, 0.25) is 0 Å². The normalized spacial score (nSPS) is 24.0. The second kappa shape index (κ2) is 12.9. The van der Waals surface area contributed by atoms with E-state index >= 15 is 0 Å². The summed E-state index contributed by atoms with van der Waals surface area (Å²) in [5, 5.41) is 17.7. The zero-order chi connectivity index (χ0) is 30.5. The number of nitrogen functional groups attached to an aromatic ring is 1. The Morgan fingerprint density at radius 2 is 2.12 bits per heavy atom. The average Bonchev–Trinajstić information content (AvgIpc) is 3.48. The number of imidazole rings is 1. The second-order valence-electron chi connectivity index (χ2n) is 9.52. The van der Waals surface area contributed by atoms with Crippen molar-refractivity contribution in [3.05, 3.63) is 47.1 Å². The van der Waals surface area contributed by atoms with E-state index in [9.17, 15) is 20.0 Å². The SMILES string of the molecule is CCCOC(=O)[C@H](C)NP(=O)(OC[C@H]1O[C@@H](n2cnc3c(OC)nc(N)nc32)[C@](C)(N=[N+]=[N-])C1O)Oc1ccccc1. The molecular formula is C24H32N9O8P. The molecule has 3 aromatic rings.